The fourth-order valence-corrected chi connectivity index (χ4v) is 7.16. The molecule has 2 aliphatic heterocycles. The first kappa shape index (κ1) is 19.5. The van der Waals surface area contributed by atoms with Crippen LogP contribution in [-0.4, -0.2) is 49.4 Å². The smallest absolute Gasteiger partial charge is 0.250 e. The van der Waals surface area contributed by atoms with Crippen molar-refractivity contribution in [1.29, 1.82) is 0 Å². The van der Waals surface area contributed by atoms with Gasteiger partial charge in [0.05, 0.1) is 30.3 Å². The van der Waals surface area contributed by atoms with Crippen LogP contribution in [0.15, 0.2) is 23.2 Å². The monoisotopic (exact) mass is 416 g/mol. The molecule has 0 N–H and O–H groups in total. The third-order valence-electron chi connectivity index (χ3n) is 4.71. The summed E-state index contributed by atoms with van der Waals surface area (Å²) in [6.45, 7) is 3.77. The number of hydrogen-bond acceptors (Lipinski definition) is 5. The van der Waals surface area contributed by atoms with Crippen molar-refractivity contribution in [3.63, 3.8) is 0 Å². The van der Waals surface area contributed by atoms with Crippen LogP contribution in [0, 0.1) is 5.92 Å². The molecule has 3 rings (SSSR count). The molecular weight excluding hydrogens is 396 g/mol. The molecule has 2 aliphatic rings. The number of amidine groups is 1. The Balaban J connectivity index is 2.08. The Morgan fingerprint density at radius 3 is 2.85 bits per heavy atom. The molecule has 6 nitrogen and oxygen atoms in total. The molecule has 26 heavy (non-hydrogen) atoms. The number of methoxy groups -OCH3 is 1. The van der Waals surface area contributed by atoms with E-state index in [0.29, 0.717) is 28.0 Å². The lowest BCUT2D eigenvalue weighted by Crippen LogP contribution is -2.38. The molecule has 9 heteroatoms. The fourth-order valence-electron chi connectivity index (χ4n) is 3.08. The Labute approximate surface area is 162 Å². The van der Waals surface area contributed by atoms with E-state index in [1.807, 2.05) is 18.7 Å². The van der Waals surface area contributed by atoms with Crippen LogP contribution in [0.1, 0.15) is 20.3 Å². The molecule has 0 unspecified atom stereocenters. The average molecular weight is 417 g/mol. The van der Waals surface area contributed by atoms with Crippen LogP contribution in [0.4, 0.5) is 5.69 Å². The lowest BCUT2D eigenvalue weighted by molar-refractivity contribution is -0.121. The number of nitrogens with zero attached hydrogens (tertiary/aromatic N) is 2. The predicted octanol–water partition coefficient (Wildman–Crippen LogP) is 3.00. The molecule has 1 aromatic carbocycles. The summed E-state index contributed by atoms with van der Waals surface area (Å²) < 4.78 is 29.7. The molecule has 2 heterocycles. The van der Waals surface area contributed by atoms with Gasteiger partial charge in [-0.1, -0.05) is 37.2 Å². The molecule has 3 atom stereocenters. The van der Waals surface area contributed by atoms with Gasteiger partial charge in [0.2, 0.25) is 0 Å². The van der Waals surface area contributed by atoms with Gasteiger partial charge in [-0.3, -0.25) is 4.79 Å². The van der Waals surface area contributed by atoms with Gasteiger partial charge in [0, 0.05) is 16.2 Å². The molecular formula is C17H21ClN2O4S2. The molecule has 0 aromatic heterocycles. The summed E-state index contributed by atoms with van der Waals surface area (Å²) in [7, 11) is -1.58. The highest BCUT2D eigenvalue weighted by atomic mass is 35.5. The van der Waals surface area contributed by atoms with Gasteiger partial charge in [-0.05, 0) is 24.6 Å². The lowest BCUT2D eigenvalue weighted by Gasteiger charge is -2.26. The largest absolute Gasteiger partial charge is 0.495 e. The highest BCUT2D eigenvalue weighted by Crippen LogP contribution is 2.44. The van der Waals surface area contributed by atoms with Gasteiger partial charge >= 0.3 is 0 Å². The van der Waals surface area contributed by atoms with Crippen LogP contribution < -0.4 is 9.64 Å². The van der Waals surface area contributed by atoms with Crippen LogP contribution >= 0.6 is 23.4 Å². The molecule has 2 fully saturated rings. The van der Waals surface area contributed by atoms with E-state index in [0.717, 1.165) is 0 Å². The molecule has 0 aliphatic carbocycles. The lowest BCUT2D eigenvalue weighted by atomic mass is 10.1. The van der Waals surface area contributed by atoms with Crippen molar-refractivity contribution in [1.82, 2.24) is 0 Å². The van der Waals surface area contributed by atoms with Crippen LogP contribution in [0.25, 0.3) is 0 Å². The number of hydrogen-bond donors (Lipinski definition) is 0. The van der Waals surface area contributed by atoms with Crippen molar-refractivity contribution in [3.05, 3.63) is 23.2 Å². The number of ether oxygens (including phenoxy) is 1. The molecule has 0 radical (unpaired) electrons. The Hall–Kier alpha value is -1.25. The minimum Gasteiger partial charge on any atom is -0.495 e. The van der Waals surface area contributed by atoms with Crippen molar-refractivity contribution in [2.75, 3.05) is 23.5 Å². The van der Waals surface area contributed by atoms with E-state index in [9.17, 15) is 13.2 Å². The highest BCUT2D eigenvalue weighted by Gasteiger charge is 2.50. The minimum absolute atomic E-state index is 0.0247. The summed E-state index contributed by atoms with van der Waals surface area (Å²) >= 11 is 7.51. The summed E-state index contributed by atoms with van der Waals surface area (Å²) in [5.41, 5.74) is 0.632. The maximum Gasteiger partial charge on any atom is 0.250 e. The second kappa shape index (κ2) is 7.40. The quantitative estimate of drug-likeness (QED) is 0.750. The molecule has 2 saturated heterocycles. The maximum absolute atomic E-state index is 12.4. The van der Waals surface area contributed by atoms with Crippen molar-refractivity contribution >= 4 is 50.0 Å². The SMILES string of the molecule is CC[C@@H](C)C(=O)N=C1S[C@H]2CS(=O)(=O)C[C@@H]2N1c1cc(Cl)ccc1OC. The van der Waals surface area contributed by atoms with E-state index in [-0.39, 0.29) is 34.6 Å². The number of carbonyl (C=O) groups is 1. The van der Waals surface area contributed by atoms with Gasteiger partial charge in [0.25, 0.3) is 5.91 Å². The summed E-state index contributed by atoms with van der Waals surface area (Å²) in [6.07, 6.45) is 0.696. The van der Waals surface area contributed by atoms with E-state index in [2.05, 4.69) is 4.99 Å². The van der Waals surface area contributed by atoms with Crippen LogP contribution in [-0.2, 0) is 14.6 Å². The summed E-state index contributed by atoms with van der Waals surface area (Å²) in [5.74, 6) is 0.276. The highest BCUT2D eigenvalue weighted by molar-refractivity contribution is 8.16. The van der Waals surface area contributed by atoms with Crippen molar-refractivity contribution in [3.8, 4) is 5.75 Å². The number of benzene rings is 1. The van der Waals surface area contributed by atoms with E-state index < -0.39 is 9.84 Å². The zero-order valence-electron chi connectivity index (χ0n) is 14.8. The van der Waals surface area contributed by atoms with Gasteiger partial charge in [-0.2, -0.15) is 4.99 Å². The molecule has 0 bridgehead atoms. The Morgan fingerprint density at radius 1 is 1.46 bits per heavy atom. The first-order valence-electron chi connectivity index (χ1n) is 8.38. The van der Waals surface area contributed by atoms with Crippen molar-refractivity contribution in [2.45, 2.75) is 31.6 Å². The van der Waals surface area contributed by atoms with E-state index in [4.69, 9.17) is 16.3 Å². The summed E-state index contributed by atoms with van der Waals surface area (Å²) in [4.78, 5) is 18.5. The number of fused-ring (bicyclic) bond motifs is 1. The first-order valence-corrected chi connectivity index (χ1v) is 11.5. The van der Waals surface area contributed by atoms with E-state index in [1.54, 1.807) is 25.3 Å². The average Bonchev–Trinajstić information content (AvgIpc) is 3.04. The molecule has 0 spiro atoms. The van der Waals surface area contributed by atoms with Crippen LogP contribution in [0.2, 0.25) is 5.02 Å². The van der Waals surface area contributed by atoms with E-state index >= 15 is 0 Å². The van der Waals surface area contributed by atoms with Gasteiger partial charge < -0.3 is 9.64 Å². The predicted molar refractivity (Wildman–Crippen MR) is 106 cm³/mol. The zero-order valence-corrected chi connectivity index (χ0v) is 17.2. The van der Waals surface area contributed by atoms with Gasteiger partial charge in [-0.15, -0.1) is 0 Å². The molecule has 1 aromatic rings. The normalized spacial score (nSPS) is 26.8. The number of carbonyl (C=O) groups excluding carboxylic acids is 1. The van der Waals surface area contributed by atoms with Crippen LogP contribution in [0.5, 0.6) is 5.75 Å². The molecule has 0 saturated carbocycles. The minimum atomic E-state index is -3.13. The third-order valence-corrected chi connectivity index (χ3v) is 8.15. The van der Waals surface area contributed by atoms with E-state index in [1.165, 1.54) is 11.8 Å². The fraction of sp³-hybridized carbons (Fsp3) is 0.529. The van der Waals surface area contributed by atoms with Gasteiger partial charge in [-0.25, -0.2) is 8.42 Å². The zero-order chi connectivity index (χ0) is 19.1. The topological polar surface area (TPSA) is 76.0 Å². The van der Waals surface area contributed by atoms with Crippen molar-refractivity contribution < 1.29 is 17.9 Å². The standard InChI is InChI=1S/C17H21ClN2O4S2/c1-4-10(2)16(21)19-17-20(12-7-11(18)5-6-14(12)24-3)13-8-26(22,23)9-15(13)25-17/h5-7,10,13,15H,4,8-9H2,1-3H3/t10-,13+,15+/m1/s1. The number of sulfone groups is 1. The summed E-state index contributed by atoms with van der Waals surface area (Å²) in [5, 5.41) is 0.857. The molecule has 1 amide bonds. The van der Waals surface area contributed by atoms with Gasteiger partial charge in [0.15, 0.2) is 15.0 Å². The van der Waals surface area contributed by atoms with Crippen LogP contribution in [0.3, 0.4) is 0 Å². The number of anilines is 1. The maximum atomic E-state index is 12.4. The van der Waals surface area contributed by atoms with Gasteiger partial charge in [0.1, 0.15) is 5.75 Å². The Bertz CT molecular complexity index is 856. The number of rotatable bonds is 4. The number of thioether (sulfide) groups is 1. The first-order chi connectivity index (χ1) is 12.3. The second-order valence-electron chi connectivity index (χ2n) is 6.53. The Kier molecular flexibility index (Phi) is 5.55. The summed E-state index contributed by atoms with van der Waals surface area (Å²) in [6, 6.07) is 4.86. The number of halogens is 1. The number of aliphatic imine (C=N–C) groups is 1. The third kappa shape index (κ3) is 3.73. The molecule has 142 valence electrons. The number of amides is 1. The second-order valence-corrected chi connectivity index (χ2v) is 10.3. The van der Waals surface area contributed by atoms with Crippen molar-refractivity contribution in [2.24, 2.45) is 10.9 Å². The Morgan fingerprint density at radius 2 is 2.19 bits per heavy atom.